The molecule has 0 aromatic heterocycles. The lowest BCUT2D eigenvalue weighted by Crippen LogP contribution is -2.43. The van der Waals surface area contributed by atoms with Crippen molar-refractivity contribution in [1.29, 1.82) is 0 Å². The number of imide groups is 1. The number of nitrogens with one attached hydrogen (secondary N) is 2. The molecule has 0 fully saturated rings. The minimum atomic E-state index is -0.867. The summed E-state index contributed by atoms with van der Waals surface area (Å²) in [7, 11) is 1.62. The molecule has 0 radical (unpaired) electrons. The van der Waals surface area contributed by atoms with E-state index in [0.717, 1.165) is 22.6 Å². The first-order chi connectivity index (χ1) is 11.5. The lowest BCUT2D eigenvalue weighted by atomic mass is 10.0. The zero-order valence-corrected chi connectivity index (χ0v) is 13.7. The lowest BCUT2D eigenvalue weighted by molar-refractivity contribution is -0.120. The van der Waals surface area contributed by atoms with Crippen LogP contribution in [-0.4, -0.2) is 25.1 Å². The smallest absolute Gasteiger partial charge is 0.318 e. The van der Waals surface area contributed by atoms with E-state index in [1.807, 2.05) is 48.5 Å². The summed E-state index contributed by atoms with van der Waals surface area (Å²) in [6.45, 7) is 1.65. The third-order valence-corrected chi connectivity index (χ3v) is 3.54. The summed E-state index contributed by atoms with van der Waals surface area (Å²) in [5, 5.41) is 5.10. The van der Waals surface area contributed by atoms with Crippen LogP contribution in [0.15, 0.2) is 48.5 Å². The molecule has 2 aromatic rings. The van der Waals surface area contributed by atoms with Gasteiger partial charge in [-0.25, -0.2) is 4.79 Å². The average molecular weight is 327 g/mol. The second-order valence-electron chi connectivity index (χ2n) is 5.41. The molecule has 6 heteroatoms. The van der Waals surface area contributed by atoms with Crippen molar-refractivity contribution in [3.8, 4) is 5.75 Å². The highest BCUT2D eigenvalue weighted by Gasteiger charge is 2.15. The molecule has 0 saturated heterocycles. The van der Waals surface area contributed by atoms with E-state index in [1.54, 1.807) is 14.0 Å². The Hall–Kier alpha value is -3.02. The molecule has 4 N–H and O–H groups in total. The predicted octanol–water partition coefficient (Wildman–Crippen LogP) is 2.28. The number of ether oxygens (including phenoxy) is 1. The van der Waals surface area contributed by atoms with E-state index in [1.165, 1.54) is 0 Å². The summed E-state index contributed by atoms with van der Waals surface area (Å²) in [4.78, 5) is 22.5. The van der Waals surface area contributed by atoms with Gasteiger partial charge in [0.2, 0.25) is 5.91 Å². The number of nitrogens with two attached hydrogens (primary N) is 1. The maximum Gasteiger partial charge on any atom is 0.318 e. The monoisotopic (exact) mass is 327 g/mol. The second-order valence-corrected chi connectivity index (χ2v) is 5.41. The number of carbonyl (C=O) groups is 2. The number of benzene rings is 2. The van der Waals surface area contributed by atoms with Gasteiger partial charge in [-0.1, -0.05) is 30.3 Å². The molecule has 0 aliphatic carbocycles. The van der Waals surface area contributed by atoms with Crippen molar-refractivity contribution in [2.45, 2.75) is 19.4 Å². The fraction of sp³-hybridized carbons (Fsp3) is 0.222. The van der Waals surface area contributed by atoms with Crippen LogP contribution >= 0.6 is 0 Å². The highest BCUT2D eigenvalue weighted by molar-refractivity contribution is 5.97. The van der Waals surface area contributed by atoms with Gasteiger partial charge < -0.3 is 15.8 Å². The molecule has 0 heterocycles. The molecule has 0 saturated carbocycles. The minimum absolute atomic E-state index is 0.483. The predicted molar refractivity (Wildman–Crippen MR) is 93.1 cm³/mol. The van der Waals surface area contributed by atoms with Crippen LogP contribution in [0.2, 0.25) is 0 Å². The fourth-order valence-electron chi connectivity index (χ4n) is 2.37. The Labute approximate surface area is 141 Å². The van der Waals surface area contributed by atoms with Gasteiger partial charge >= 0.3 is 6.03 Å². The van der Waals surface area contributed by atoms with E-state index >= 15 is 0 Å². The maximum atomic E-state index is 11.8. The molecule has 3 amide bonds. The largest absolute Gasteiger partial charge is 0.496 e. The van der Waals surface area contributed by atoms with E-state index in [2.05, 4.69) is 10.6 Å². The van der Waals surface area contributed by atoms with Crippen molar-refractivity contribution in [3.63, 3.8) is 0 Å². The molecule has 1 unspecified atom stereocenters. The number of hydrogen-bond acceptors (Lipinski definition) is 4. The van der Waals surface area contributed by atoms with Crippen molar-refractivity contribution in [2.75, 3.05) is 12.4 Å². The molecule has 0 spiro atoms. The van der Waals surface area contributed by atoms with Crippen LogP contribution in [0.25, 0.3) is 0 Å². The standard InChI is InChI=1S/C18H21N3O3/c1-12(17(22)21-18(19)23)20-15-8-9-16(24-2)14(11-15)10-13-6-4-3-5-7-13/h3-9,11-12,20H,10H2,1-2H3,(H3,19,21,22,23). The first-order valence-corrected chi connectivity index (χ1v) is 7.57. The summed E-state index contributed by atoms with van der Waals surface area (Å²) in [5.74, 6) is 0.293. The van der Waals surface area contributed by atoms with Gasteiger partial charge in [0.15, 0.2) is 0 Å². The molecule has 0 aliphatic heterocycles. The molecule has 6 nitrogen and oxygen atoms in total. The molecular formula is C18H21N3O3. The van der Waals surface area contributed by atoms with Gasteiger partial charge in [-0.05, 0) is 30.7 Å². The van der Waals surface area contributed by atoms with E-state index < -0.39 is 18.0 Å². The highest BCUT2D eigenvalue weighted by atomic mass is 16.5. The number of urea groups is 1. The van der Waals surface area contributed by atoms with Crippen LogP contribution in [0.1, 0.15) is 18.1 Å². The number of amides is 3. The molecule has 1 atom stereocenters. The normalized spacial score (nSPS) is 11.4. The van der Waals surface area contributed by atoms with Crippen molar-refractivity contribution >= 4 is 17.6 Å². The summed E-state index contributed by atoms with van der Waals surface area (Å²) < 4.78 is 5.41. The van der Waals surface area contributed by atoms with Crippen LogP contribution in [0, 0.1) is 0 Å². The van der Waals surface area contributed by atoms with Crippen LogP contribution in [0.4, 0.5) is 10.5 Å². The van der Waals surface area contributed by atoms with Crippen LogP contribution in [0.5, 0.6) is 5.75 Å². The van der Waals surface area contributed by atoms with Crippen molar-refractivity contribution in [1.82, 2.24) is 5.32 Å². The average Bonchev–Trinajstić information content (AvgIpc) is 2.55. The lowest BCUT2D eigenvalue weighted by Gasteiger charge is -2.16. The number of methoxy groups -OCH3 is 1. The summed E-state index contributed by atoms with van der Waals surface area (Å²) >= 11 is 0. The van der Waals surface area contributed by atoms with Gasteiger partial charge in [0.25, 0.3) is 0 Å². The Balaban J connectivity index is 2.16. The molecule has 2 rings (SSSR count). The molecule has 0 aliphatic rings. The Morgan fingerprint density at radius 2 is 1.88 bits per heavy atom. The van der Waals surface area contributed by atoms with Gasteiger partial charge in [-0.3, -0.25) is 10.1 Å². The number of anilines is 1. The van der Waals surface area contributed by atoms with Gasteiger partial charge in [-0.15, -0.1) is 0 Å². The van der Waals surface area contributed by atoms with Crippen LogP contribution in [0.3, 0.4) is 0 Å². The van der Waals surface area contributed by atoms with Crippen LogP contribution < -0.4 is 21.1 Å². The molecule has 126 valence electrons. The van der Waals surface area contributed by atoms with Crippen molar-refractivity contribution < 1.29 is 14.3 Å². The van der Waals surface area contributed by atoms with E-state index in [-0.39, 0.29) is 0 Å². The third kappa shape index (κ3) is 4.74. The number of rotatable bonds is 6. The van der Waals surface area contributed by atoms with E-state index in [4.69, 9.17) is 10.5 Å². The first-order valence-electron chi connectivity index (χ1n) is 7.57. The van der Waals surface area contributed by atoms with Gasteiger partial charge in [0, 0.05) is 17.7 Å². The maximum absolute atomic E-state index is 11.8. The Morgan fingerprint density at radius 3 is 2.50 bits per heavy atom. The molecular weight excluding hydrogens is 306 g/mol. The van der Waals surface area contributed by atoms with E-state index in [9.17, 15) is 9.59 Å². The highest BCUT2D eigenvalue weighted by Crippen LogP contribution is 2.25. The van der Waals surface area contributed by atoms with Crippen molar-refractivity contribution in [2.24, 2.45) is 5.73 Å². The number of carbonyl (C=O) groups excluding carboxylic acids is 2. The van der Waals surface area contributed by atoms with Gasteiger partial charge in [0.05, 0.1) is 7.11 Å². The third-order valence-electron chi connectivity index (χ3n) is 3.54. The molecule has 2 aromatic carbocycles. The first kappa shape index (κ1) is 17.3. The SMILES string of the molecule is COc1ccc(NC(C)C(=O)NC(N)=O)cc1Cc1ccccc1. The van der Waals surface area contributed by atoms with Gasteiger partial charge in [-0.2, -0.15) is 0 Å². The minimum Gasteiger partial charge on any atom is -0.496 e. The Kier molecular flexibility index (Phi) is 5.78. The summed E-state index contributed by atoms with van der Waals surface area (Å²) in [5.41, 5.74) is 7.87. The number of primary amides is 1. The molecule has 0 bridgehead atoms. The van der Waals surface area contributed by atoms with Crippen LogP contribution in [-0.2, 0) is 11.2 Å². The van der Waals surface area contributed by atoms with Gasteiger partial charge in [0.1, 0.15) is 11.8 Å². The zero-order valence-electron chi connectivity index (χ0n) is 13.7. The van der Waals surface area contributed by atoms with E-state index in [0.29, 0.717) is 6.42 Å². The Bertz CT molecular complexity index is 717. The Morgan fingerprint density at radius 1 is 1.17 bits per heavy atom. The van der Waals surface area contributed by atoms with Crippen molar-refractivity contribution in [3.05, 3.63) is 59.7 Å². The zero-order chi connectivity index (χ0) is 17.5. The summed E-state index contributed by atoms with van der Waals surface area (Å²) in [6.07, 6.45) is 0.710. The summed E-state index contributed by atoms with van der Waals surface area (Å²) in [6, 6.07) is 14.2. The molecule has 24 heavy (non-hydrogen) atoms. The topological polar surface area (TPSA) is 93.4 Å². The second kappa shape index (κ2) is 8.01. The number of hydrogen-bond donors (Lipinski definition) is 3. The quantitative estimate of drug-likeness (QED) is 0.759. The fourth-order valence-corrected chi connectivity index (χ4v) is 2.37.